The molecule has 0 spiro atoms. The second kappa shape index (κ2) is 10.7. The number of carbonyl (C=O) groups is 1. The lowest BCUT2D eigenvalue weighted by Crippen LogP contribution is -2.30. The second-order valence-electron chi connectivity index (χ2n) is 8.76. The Labute approximate surface area is 202 Å². The van der Waals surface area contributed by atoms with Crippen molar-refractivity contribution in [1.82, 2.24) is 14.9 Å². The van der Waals surface area contributed by atoms with Crippen LogP contribution in [0.5, 0.6) is 5.75 Å². The van der Waals surface area contributed by atoms with Crippen LogP contribution < -0.4 is 9.74 Å². The first kappa shape index (κ1) is 23.8. The van der Waals surface area contributed by atoms with Crippen molar-refractivity contribution in [3.8, 4) is 28.7 Å². The highest BCUT2D eigenvalue weighted by Gasteiger charge is 2.33. The highest BCUT2D eigenvalue weighted by atomic mass is 28.3. The third-order valence-electron chi connectivity index (χ3n) is 6.00. The lowest BCUT2D eigenvalue weighted by Gasteiger charge is -2.16. The maximum Gasteiger partial charge on any atom is 0.290 e. The summed E-state index contributed by atoms with van der Waals surface area (Å²) >= 11 is 0. The summed E-state index contributed by atoms with van der Waals surface area (Å²) in [5.41, 5.74) is 3.07. The Morgan fingerprint density at radius 3 is 2.44 bits per heavy atom. The van der Waals surface area contributed by atoms with Crippen LogP contribution in [0.2, 0.25) is 12.1 Å². The number of rotatable bonds is 7. The zero-order chi connectivity index (χ0) is 24.1. The number of hydrogen-bond donors (Lipinski definition) is 2. The number of nitrogens with zero attached hydrogens (tertiary/aromatic N) is 2. The van der Waals surface area contributed by atoms with E-state index in [9.17, 15) is 9.90 Å². The normalized spacial score (nSPS) is 16.3. The Hall–Kier alpha value is -3.34. The number of aromatic nitrogens is 2. The Morgan fingerprint density at radius 2 is 1.85 bits per heavy atom. The molecule has 3 aromatic rings. The summed E-state index contributed by atoms with van der Waals surface area (Å²) in [4.78, 5) is 16.3. The van der Waals surface area contributed by atoms with Crippen molar-refractivity contribution in [2.75, 3.05) is 13.2 Å². The van der Waals surface area contributed by atoms with Gasteiger partial charge < -0.3 is 19.4 Å². The van der Waals surface area contributed by atoms with Crippen LogP contribution in [-0.2, 0) is 4.79 Å². The first-order valence-electron chi connectivity index (χ1n) is 11.6. The van der Waals surface area contributed by atoms with Gasteiger partial charge in [0.25, 0.3) is 9.04 Å². The van der Waals surface area contributed by atoms with Crippen LogP contribution in [0.3, 0.4) is 0 Å². The summed E-state index contributed by atoms with van der Waals surface area (Å²) in [6, 6.07) is 15.7. The van der Waals surface area contributed by atoms with E-state index < -0.39 is 9.04 Å². The lowest BCUT2D eigenvalue weighted by molar-refractivity contribution is -0.119. The van der Waals surface area contributed by atoms with Crippen molar-refractivity contribution in [2.45, 2.75) is 44.3 Å². The summed E-state index contributed by atoms with van der Waals surface area (Å²) in [6.45, 7) is 6.88. The second-order valence-corrected chi connectivity index (χ2v) is 10.9. The number of aliphatic hydroxyl groups is 1. The van der Waals surface area contributed by atoms with Crippen LogP contribution in [-0.4, -0.2) is 42.8 Å². The third kappa shape index (κ3) is 5.41. The van der Waals surface area contributed by atoms with Gasteiger partial charge in [0.05, 0.1) is 12.1 Å². The van der Waals surface area contributed by atoms with Gasteiger partial charge in [0, 0.05) is 30.4 Å². The fraction of sp³-hybridized carbons (Fsp3) is 0.333. The van der Waals surface area contributed by atoms with E-state index in [2.05, 4.69) is 36.0 Å². The average Bonchev–Trinajstić information content (AvgIpc) is 3.50. The number of benzene rings is 2. The molecule has 2 aromatic carbocycles. The Kier molecular flexibility index (Phi) is 7.51. The lowest BCUT2D eigenvalue weighted by atomic mass is 10.0. The number of aliphatic hydroxyl groups excluding tert-OH is 1. The molecule has 1 aromatic heterocycles. The molecular weight excluding hydrogens is 442 g/mol. The van der Waals surface area contributed by atoms with Gasteiger partial charge in [-0.3, -0.25) is 4.79 Å². The highest BCUT2D eigenvalue weighted by Crippen LogP contribution is 2.26. The molecule has 1 radical (unpaired) electrons. The Bertz CT molecular complexity index is 1180. The molecule has 4 rings (SSSR count). The first-order valence-corrected chi connectivity index (χ1v) is 13.6. The van der Waals surface area contributed by atoms with Gasteiger partial charge in [-0.15, -0.1) is 0 Å². The van der Waals surface area contributed by atoms with Gasteiger partial charge in [0.1, 0.15) is 17.6 Å². The Balaban J connectivity index is 1.42. The maximum absolute atomic E-state index is 11.9. The minimum atomic E-state index is -1.24. The zero-order valence-corrected chi connectivity index (χ0v) is 20.8. The monoisotopic (exact) mass is 472 g/mol. The van der Waals surface area contributed by atoms with Crippen molar-refractivity contribution in [1.29, 1.82) is 0 Å². The van der Waals surface area contributed by atoms with Crippen LogP contribution in [0, 0.1) is 11.8 Å². The molecule has 1 amide bonds. The van der Waals surface area contributed by atoms with E-state index >= 15 is 0 Å². The third-order valence-corrected chi connectivity index (χ3v) is 8.09. The molecule has 7 heteroatoms. The van der Waals surface area contributed by atoms with Crippen molar-refractivity contribution >= 4 is 14.9 Å². The summed E-state index contributed by atoms with van der Waals surface area (Å²) in [7, 11) is -1.24. The van der Waals surface area contributed by atoms with Crippen molar-refractivity contribution in [3.05, 3.63) is 72.3 Å². The molecule has 2 atom stereocenters. The van der Waals surface area contributed by atoms with Crippen molar-refractivity contribution < 1.29 is 14.3 Å². The molecule has 0 bridgehead atoms. The molecule has 2 heterocycles. The number of nitrogens with one attached hydrogen (secondary N) is 1. The van der Waals surface area contributed by atoms with E-state index in [-0.39, 0.29) is 30.0 Å². The first-order chi connectivity index (χ1) is 16.5. The van der Waals surface area contributed by atoms with Gasteiger partial charge in [-0.2, -0.15) is 0 Å². The molecule has 1 aliphatic heterocycles. The summed E-state index contributed by atoms with van der Waals surface area (Å²) in [5, 5.41) is 12.7. The molecule has 1 saturated heterocycles. The number of carbonyl (C=O) groups excluding carboxylic acids is 1. The summed E-state index contributed by atoms with van der Waals surface area (Å²) in [6.07, 6.45) is 4.47. The summed E-state index contributed by atoms with van der Waals surface area (Å²) in [5.74, 6) is 8.45. The molecule has 1 fully saturated rings. The predicted octanol–water partition coefficient (Wildman–Crippen LogP) is 4.15. The van der Waals surface area contributed by atoms with Crippen LogP contribution in [0.25, 0.3) is 11.1 Å². The van der Waals surface area contributed by atoms with Crippen molar-refractivity contribution in [2.24, 2.45) is 0 Å². The van der Waals surface area contributed by atoms with Gasteiger partial charge >= 0.3 is 0 Å². The Morgan fingerprint density at radius 1 is 1.18 bits per heavy atom. The molecule has 0 saturated carbocycles. The molecule has 1 aliphatic rings. The topological polar surface area (TPSA) is 76.4 Å². The molecule has 2 N–H and O–H groups in total. The van der Waals surface area contributed by atoms with Gasteiger partial charge in [-0.25, -0.2) is 4.98 Å². The molecule has 0 aliphatic carbocycles. The predicted molar refractivity (Wildman–Crippen MR) is 135 cm³/mol. The van der Waals surface area contributed by atoms with Gasteiger partial charge in [-0.05, 0) is 48.4 Å². The number of imidazole rings is 1. The molecule has 34 heavy (non-hydrogen) atoms. The van der Waals surface area contributed by atoms with Crippen molar-refractivity contribution in [3.63, 3.8) is 0 Å². The highest BCUT2D eigenvalue weighted by molar-refractivity contribution is 6.57. The largest absolute Gasteiger partial charge is 0.541 e. The fourth-order valence-corrected chi connectivity index (χ4v) is 5.78. The fourth-order valence-electron chi connectivity index (χ4n) is 4.11. The summed E-state index contributed by atoms with van der Waals surface area (Å²) < 4.78 is 8.04. The van der Waals surface area contributed by atoms with Crippen LogP contribution >= 0.6 is 0 Å². The number of hydrogen-bond acceptors (Lipinski definition) is 4. The standard InChI is InChI=1S/C27H30N3O3Si/c1-19(2)26-28-16-17-30(26)23(18-31)11-6-20-4-7-21(8-5-20)22-9-12-24(13-10-22)33-34(3)25-14-15-29-27(25)32/h4-5,7-10,12-13,16-17,19,23,25,31H,14-15,18H2,1-3H3,(H,29,32)/t23-,25?/m0/s1. The average molecular weight is 473 g/mol. The number of amides is 1. The minimum Gasteiger partial charge on any atom is -0.541 e. The van der Waals surface area contributed by atoms with E-state index in [1.807, 2.05) is 65.8 Å². The van der Waals surface area contributed by atoms with E-state index in [4.69, 9.17) is 4.43 Å². The quantitative estimate of drug-likeness (QED) is 0.400. The van der Waals surface area contributed by atoms with E-state index in [1.54, 1.807) is 6.20 Å². The van der Waals surface area contributed by atoms with Gasteiger partial charge in [0.2, 0.25) is 5.91 Å². The van der Waals surface area contributed by atoms with E-state index in [0.29, 0.717) is 0 Å². The van der Waals surface area contributed by atoms with Crippen LogP contribution in [0.1, 0.15) is 43.6 Å². The van der Waals surface area contributed by atoms with E-state index in [1.165, 1.54) is 0 Å². The smallest absolute Gasteiger partial charge is 0.290 e. The molecule has 175 valence electrons. The van der Waals surface area contributed by atoms with Gasteiger partial charge in [0.15, 0.2) is 0 Å². The maximum atomic E-state index is 11.9. The van der Waals surface area contributed by atoms with Crippen LogP contribution in [0.15, 0.2) is 60.9 Å². The van der Waals surface area contributed by atoms with Gasteiger partial charge in [-0.1, -0.05) is 50.0 Å². The minimum absolute atomic E-state index is 0.00880. The van der Waals surface area contributed by atoms with Crippen LogP contribution in [0.4, 0.5) is 0 Å². The molecule has 6 nitrogen and oxygen atoms in total. The van der Waals surface area contributed by atoms with E-state index in [0.717, 1.165) is 41.2 Å². The SMILES string of the molecule is CC(C)c1nccn1[C@@H](C#Cc1ccc(-c2ccc(O[Si](C)C3CCNC3=O)cc2)cc1)CO. The molecule has 1 unspecified atom stereocenters. The zero-order valence-electron chi connectivity index (χ0n) is 19.8. The molecular formula is C27H30N3O3Si.